The van der Waals surface area contributed by atoms with Gasteiger partial charge in [-0.3, -0.25) is 10.1 Å². The molecule has 27 heavy (non-hydrogen) atoms. The summed E-state index contributed by atoms with van der Waals surface area (Å²) in [5, 5.41) is 6.29. The zero-order valence-corrected chi connectivity index (χ0v) is 14.5. The number of para-hydroxylation sites is 3. The Hall–Kier alpha value is -3.23. The van der Waals surface area contributed by atoms with Gasteiger partial charge in [-0.05, 0) is 24.3 Å². The second kappa shape index (κ2) is 8.93. The van der Waals surface area contributed by atoms with Crippen molar-refractivity contribution >= 4 is 29.0 Å². The second-order valence-corrected chi connectivity index (χ2v) is 5.61. The molecule has 0 fully saturated rings. The first-order valence-electron chi connectivity index (χ1n) is 8.02. The molecular weight excluding hydrogens is 361 g/mol. The van der Waals surface area contributed by atoms with Crippen LogP contribution in [0.3, 0.4) is 0 Å². The molecule has 9 heteroatoms. The van der Waals surface area contributed by atoms with E-state index in [0.29, 0.717) is 5.69 Å². The van der Waals surface area contributed by atoms with Crippen molar-refractivity contribution in [3.8, 4) is 0 Å². The summed E-state index contributed by atoms with van der Waals surface area (Å²) in [5.41, 5.74) is 2.36. The molecule has 2 rings (SSSR count). The molecule has 0 atom stereocenters. The highest BCUT2D eigenvalue weighted by Gasteiger charge is 2.27. The van der Waals surface area contributed by atoms with E-state index >= 15 is 0 Å². The van der Waals surface area contributed by atoms with Gasteiger partial charge < -0.3 is 15.5 Å². The number of amides is 3. The van der Waals surface area contributed by atoms with Crippen LogP contribution in [-0.4, -0.2) is 38.3 Å². The van der Waals surface area contributed by atoms with Crippen molar-refractivity contribution in [1.29, 1.82) is 0 Å². The molecule has 6 nitrogen and oxygen atoms in total. The van der Waals surface area contributed by atoms with E-state index < -0.39 is 24.7 Å². The number of nitrogens with zero attached hydrogens (tertiary/aromatic N) is 1. The zero-order chi connectivity index (χ0) is 19.9. The van der Waals surface area contributed by atoms with E-state index in [1.54, 1.807) is 17.4 Å². The molecule has 0 heterocycles. The number of carbonyl (C=O) groups excluding carboxylic acids is 2. The van der Waals surface area contributed by atoms with Gasteiger partial charge in [-0.2, -0.15) is 13.2 Å². The maximum Gasteiger partial charge on any atom is 0.405 e. The summed E-state index contributed by atoms with van der Waals surface area (Å²) in [4.78, 5) is 25.0. The molecule has 0 aromatic heterocycles. The van der Waals surface area contributed by atoms with E-state index in [2.05, 4.69) is 5.32 Å². The molecule has 2 aromatic rings. The Balaban J connectivity index is 1.94. The SMILES string of the molecule is CN(c1ccccc1)c1ccccc1NCC(=O)NC(=O)NCC(F)(F)F. The number of alkyl halides is 3. The highest BCUT2D eigenvalue weighted by Crippen LogP contribution is 2.30. The van der Waals surface area contributed by atoms with Gasteiger partial charge in [0.15, 0.2) is 0 Å². The molecule has 0 aliphatic rings. The molecule has 3 amide bonds. The molecule has 2 aromatic carbocycles. The number of nitrogens with one attached hydrogen (secondary N) is 3. The summed E-state index contributed by atoms with van der Waals surface area (Å²) in [6, 6.07) is 15.6. The van der Waals surface area contributed by atoms with Crippen LogP contribution in [0.1, 0.15) is 0 Å². The number of hydrogen-bond donors (Lipinski definition) is 3. The quantitative estimate of drug-likeness (QED) is 0.719. The summed E-state index contributed by atoms with van der Waals surface area (Å²) in [7, 11) is 1.86. The second-order valence-electron chi connectivity index (χ2n) is 5.61. The molecule has 0 bridgehead atoms. The summed E-state index contributed by atoms with van der Waals surface area (Å²) < 4.78 is 36.1. The van der Waals surface area contributed by atoms with Gasteiger partial charge >= 0.3 is 12.2 Å². The van der Waals surface area contributed by atoms with Crippen molar-refractivity contribution in [2.45, 2.75) is 6.18 Å². The van der Waals surface area contributed by atoms with Crippen molar-refractivity contribution < 1.29 is 22.8 Å². The van der Waals surface area contributed by atoms with Crippen LogP contribution in [0.4, 0.5) is 35.0 Å². The van der Waals surface area contributed by atoms with Crippen LogP contribution >= 0.6 is 0 Å². The maximum absolute atomic E-state index is 12.0. The number of hydrogen-bond acceptors (Lipinski definition) is 4. The standard InChI is InChI=1S/C18H19F3N4O2/c1-25(13-7-3-2-4-8-13)15-10-6-5-9-14(15)22-11-16(26)24-17(27)23-12-18(19,20)21/h2-10,22H,11-12H2,1H3,(H2,23,24,26,27). The van der Waals surface area contributed by atoms with E-state index in [4.69, 9.17) is 0 Å². The molecule has 0 spiro atoms. The van der Waals surface area contributed by atoms with Crippen molar-refractivity contribution in [1.82, 2.24) is 10.6 Å². The van der Waals surface area contributed by atoms with Crippen LogP contribution in [0, 0.1) is 0 Å². The lowest BCUT2D eigenvalue weighted by atomic mass is 10.2. The minimum atomic E-state index is -4.54. The van der Waals surface area contributed by atoms with Crippen molar-refractivity contribution in [2.75, 3.05) is 30.4 Å². The van der Waals surface area contributed by atoms with Crippen molar-refractivity contribution in [3.63, 3.8) is 0 Å². The Morgan fingerprint density at radius 3 is 2.30 bits per heavy atom. The van der Waals surface area contributed by atoms with E-state index in [1.165, 1.54) is 0 Å². The molecule has 0 unspecified atom stereocenters. The number of rotatable bonds is 6. The fraction of sp³-hybridized carbons (Fsp3) is 0.222. The van der Waals surface area contributed by atoms with Gasteiger partial charge in [0.2, 0.25) is 5.91 Å². The Morgan fingerprint density at radius 1 is 1.00 bits per heavy atom. The highest BCUT2D eigenvalue weighted by atomic mass is 19.4. The van der Waals surface area contributed by atoms with Gasteiger partial charge in [0, 0.05) is 12.7 Å². The smallest absolute Gasteiger partial charge is 0.374 e. The van der Waals surface area contributed by atoms with E-state index in [1.807, 2.05) is 59.7 Å². The number of halogens is 3. The first kappa shape index (κ1) is 20.1. The molecule has 3 N–H and O–H groups in total. The summed E-state index contributed by atoms with van der Waals surface area (Å²) in [6.45, 7) is -1.79. The van der Waals surface area contributed by atoms with Crippen LogP contribution in [0.25, 0.3) is 0 Å². The molecule has 0 aliphatic heterocycles. The van der Waals surface area contributed by atoms with Crippen LogP contribution < -0.4 is 20.9 Å². The third-order valence-corrected chi connectivity index (χ3v) is 3.55. The highest BCUT2D eigenvalue weighted by molar-refractivity contribution is 5.96. The summed E-state index contributed by atoms with van der Waals surface area (Å²) >= 11 is 0. The minimum absolute atomic E-state index is 0.279. The average Bonchev–Trinajstić information content (AvgIpc) is 2.64. The topological polar surface area (TPSA) is 73.5 Å². The Labute approximate surface area is 154 Å². The first-order chi connectivity index (χ1) is 12.8. The third kappa shape index (κ3) is 6.53. The Morgan fingerprint density at radius 2 is 1.63 bits per heavy atom. The monoisotopic (exact) mass is 380 g/mol. The lowest BCUT2D eigenvalue weighted by Crippen LogP contribution is -2.45. The van der Waals surface area contributed by atoms with Gasteiger partial charge in [0.05, 0.1) is 17.9 Å². The van der Waals surface area contributed by atoms with Crippen molar-refractivity contribution in [2.24, 2.45) is 0 Å². The van der Waals surface area contributed by atoms with Gasteiger partial charge in [0.25, 0.3) is 0 Å². The minimum Gasteiger partial charge on any atom is -0.374 e. The molecule has 0 saturated heterocycles. The van der Waals surface area contributed by atoms with Crippen LogP contribution in [0.15, 0.2) is 54.6 Å². The van der Waals surface area contributed by atoms with Crippen LogP contribution in [0.2, 0.25) is 0 Å². The fourth-order valence-electron chi connectivity index (χ4n) is 2.28. The molecular formula is C18H19F3N4O2. The van der Waals surface area contributed by atoms with E-state index in [9.17, 15) is 22.8 Å². The first-order valence-corrected chi connectivity index (χ1v) is 8.02. The largest absolute Gasteiger partial charge is 0.405 e. The molecule has 0 saturated carbocycles. The number of carbonyl (C=O) groups is 2. The number of anilines is 3. The van der Waals surface area contributed by atoms with Gasteiger partial charge in [-0.1, -0.05) is 30.3 Å². The normalized spacial score (nSPS) is 10.8. The number of imide groups is 1. The zero-order valence-electron chi connectivity index (χ0n) is 14.5. The molecule has 144 valence electrons. The predicted octanol–water partition coefficient (Wildman–Crippen LogP) is 3.25. The number of benzene rings is 2. The fourth-order valence-corrected chi connectivity index (χ4v) is 2.28. The van der Waals surface area contributed by atoms with E-state index in [-0.39, 0.29) is 6.54 Å². The van der Waals surface area contributed by atoms with E-state index in [0.717, 1.165) is 11.4 Å². The lowest BCUT2D eigenvalue weighted by Gasteiger charge is -2.23. The predicted molar refractivity (Wildman–Crippen MR) is 97.0 cm³/mol. The lowest BCUT2D eigenvalue weighted by molar-refractivity contribution is -0.124. The summed E-state index contributed by atoms with van der Waals surface area (Å²) in [6.07, 6.45) is -4.54. The maximum atomic E-state index is 12.0. The van der Waals surface area contributed by atoms with Crippen LogP contribution in [0.5, 0.6) is 0 Å². The van der Waals surface area contributed by atoms with Gasteiger partial charge in [-0.15, -0.1) is 0 Å². The number of urea groups is 1. The Kier molecular flexibility index (Phi) is 6.64. The molecule has 0 aliphatic carbocycles. The third-order valence-electron chi connectivity index (χ3n) is 3.55. The van der Waals surface area contributed by atoms with Gasteiger partial charge in [-0.25, -0.2) is 4.79 Å². The van der Waals surface area contributed by atoms with Crippen LogP contribution in [-0.2, 0) is 4.79 Å². The average molecular weight is 380 g/mol. The van der Waals surface area contributed by atoms with Gasteiger partial charge in [0.1, 0.15) is 6.54 Å². The molecule has 0 radical (unpaired) electrons. The Bertz CT molecular complexity index is 782. The van der Waals surface area contributed by atoms with Crippen molar-refractivity contribution in [3.05, 3.63) is 54.6 Å². The summed E-state index contributed by atoms with van der Waals surface area (Å²) in [5.74, 6) is -0.758.